The molecule has 2 aromatic rings. The van der Waals surface area contributed by atoms with E-state index in [1.165, 1.54) is 19.3 Å². The van der Waals surface area contributed by atoms with Gasteiger partial charge in [-0.25, -0.2) is 0 Å². The number of amides is 1. The molecule has 1 aromatic carbocycles. The van der Waals surface area contributed by atoms with Crippen LogP contribution in [0.15, 0.2) is 28.9 Å². The van der Waals surface area contributed by atoms with Crippen molar-refractivity contribution in [3.8, 4) is 5.75 Å². The number of hydrogen-bond acceptors (Lipinski definition) is 3. The predicted molar refractivity (Wildman–Crippen MR) is 92.8 cm³/mol. The first-order valence-electron chi connectivity index (χ1n) is 8.48. The molecule has 126 valence electrons. The van der Waals surface area contributed by atoms with Crippen molar-refractivity contribution in [1.29, 1.82) is 0 Å². The van der Waals surface area contributed by atoms with Crippen molar-refractivity contribution < 1.29 is 13.9 Å². The van der Waals surface area contributed by atoms with Crippen molar-refractivity contribution in [2.24, 2.45) is 5.92 Å². The van der Waals surface area contributed by atoms with E-state index in [0.717, 1.165) is 35.2 Å². The molecule has 0 saturated heterocycles. The fraction of sp³-hybridized carbons (Fsp3) is 0.526. The van der Waals surface area contributed by atoms with Gasteiger partial charge >= 0.3 is 0 Å². The van der Waals surface area contributed by atoms with Crippen molar-refractivity contribution in [2.45, 2.75) is 46.0 Å². The molecule has 0 aliphatic carbocycles. The van der Waals surface area contributed by atoms with Crippen LogP contribution in [-0.2, 0) is 11.2 Å². The van der Waals surface area contributed by atoms with Gasteiger partial charge in [0.15, 0.2) is 0 Å². The van der Waals surface area contributed by atoms with Crippen LogP contribution in [0.3, 0.4) is 0 Å². The maximum atomic E-state index is 12.2. The third-order valence-electron chi connectivity index (χ3n) is 4.35. The summed E-state index contributed by atoms with van der Waals surface area (Å²) in [6.45, 7) is 5.15. The van der Waals surface area contributed by atoms with Crippen molar-refractivity contribution in [1.82, 2.24) is 5.32 Å². The van der Waals surface area contributed by atoms with Gasteiger partial charge < -0.3 is 14.5 Å². The number of unbranched alkanes of at least 4 members (excludes halogenated alkanes) is 1. The molecule has 4 nitrogen and oxygen atoms in total. The first-order valence-corrected chi connectivity index (χ1v) is 8.48. The highest BCUT2D eigenvalue weighted by molar-refractivity contribution is 5.88. The maximum absolute atomic E-state index is 12.2. The van der Waals surface area contributed by atoms with E-state index in [9.17, 15) is 4.79 Å². The van der Waals surface area contributed by atoms with E-state index in [1.807, 2.05) is 18.2 Å². The summed E-state index contributed by atoms with van der Waals surface area (Å²) in [5, 5.41) is 4.03. The third kappa shape index (κ3) is 4.75. The first kappa shape index (κ1) is 17.4. The number of ether oxygens (including phenoxy) is 1. The lowest BCUT2D eigenvalue weighted by atomic mass is 9.99. The van der Waals surface area contributed by atoms with E-state index >= 15 is 0 Å². The number of rotatable bonds is 9. The smallest absolute Gasteiger partial charge is 0.224 e. The lowest BCUT2D eigenvalue weighted by molar-refractivity contribution is -0.120. The number of hydrogen-bond donors (Lipinski definition) is 1. The predicted octanol–water partition coefficient (Wildman–Crippen LogP) is 4.32. The molecule has 23 heavy (non-hydrogen) atoms. The summed E-state index contributed by atoms with van der Waals surface area (Å²) in [7, 11) is 1.63. The normalized spacial score (nSPS) is 12.3. The number of fused-ring (bicyclic) bond motifs is 1. The molecule has 0 saturated carbocycles. The number of nitrogens with one attached hydrogen (secondary N) is 1. The molecule has 0 aliphatic rings. The summed E-state index contributed by atoms with van der Waals surface area (Å²) in [6.07, 6.45) is 6.73. The highest BCUT2D eigenvalue weighted by atomic mass is 16.5. The lowest BCUT2D eigenvalue weighted by Gasteiger charge is -2.15. The van der Waals surface area contributed by atoms with Gasteiger partial charge in [0.25, 0.3) is 0 Å². The summed E-state index contributed by atoms with van der Waals surface area (Å²) in [6, 6.07) is 5.67. The Labute approximate surface area is 138 Å². The molecule has 1 N–H and O–H groups in total. The number of furan rings is 1. The minimum atomic E-state index is 0.0541. The van der Waals surface area contributed by atoms with Crippen molar-refractivity contribution in [2.75, 3.05) is 13.7 Å². The molecule has 1 atom stereocenters. The summed E-state index contributed by atoms with van der Waals surface area (Å²) in [5.74, 6) is 1.38. The summed E-state index contributed by atoms with van der Waals surface area (Å²) < 4.78 is 10.7. The summed E-state index contributed by atoms with van der Waals surface area (Å²) in [5.41, 5.74) is 1.67. The van der Waals surface area contributed by atoms with Gasteiger partial charge in [0, 0.05) is 23.6 Å². The molecule has 0 bridgehead atoms. The fourth-order valence-corrected chi connectivity index (χ4v) is 2.76. The number of methoxy groups -OCH3 is 1. The monoisotopic (exact) mass is 317 g/mol. The Balaban J connectivity index is 1.92. The molecule has 0 radical (unpaired) electrons. The zero-order valence-corrected chi connectivity index (χ0v) is 14.4. The van der Waals surface area contributed by atoms with E-state index in [-0.39, 0.29) is 5.91 Å². The second kappa shape index (κ2) is 8.61. The van der Waals surface area contributed by atoms with Crippen molar-refractivity contribution in [3.63, 3.8) is 0 Å². The third-order valence-corrected chi connectivity index (χ3v) is 4.35. The van der Waals surface area contributed by atoms with Gasteiger partial charge in [-0.05, 0) is 24.5 Å². The lowest BCUT2D eigenvalue weighted by Crippen LogP contribution is -2.30. The maximum Gasteiger partial charge on any atom is 0.224 e. The van der Waals surface area contributed by atoms with Gasteiger partial charge in [-0.1, -0.05) is 33.1 Å². The minimum Gasteiger partial charge on any atom is -0.497 e. The quantitative estimate of drug-likeness (QED) is 0.749. The first-order chi connectivity index (χ1) is 11.2. The largest absolute Gasteiger partial charge is 0.497 e. The zero-order chi connectivity index (χ0) is 16.7. The fourth-order valence-electron chi connectivity index (χ4n) is 2.76. The van der Waals surface area contributed by atoms with Gasteiger partial charge in [0.1, 0.15) is 11.3 Å². The minimum absolute atomic E-state index is 0.0541. The molecular formula is C19H27NO3. The Bertz CT molecular complexity index is 633. The molecular weight excluding hydrogens is 290 g/mol. The molecule has 4 heteroatoms. The Morgan fingerprint density at radius 1 is 1.35 bits per heavy atom. The van der Waals surface area contributed by atoms with E-state index in [2.05, 4.69) is 19.2 Å². The average molecular weight is 317 g/mol. The molecule has 0 spiro atoms. The second-order valence-electron chi connectivity index (χ2n) is 6.02. The van der Waals surface area contributed by atoms with Gasteiger partial charge in [0.05, 0.1) is 19.8 Å². The van der Waals surface area contributed by atoms with Crippen molar-refractivity contribution in [3.05, 3.63) is 30.0 Å². The van der Waals surface area contributed by atoms with E-state index in [4.69, 9.17) is 9.15 Å². The Kier molecular flexibility index (Phi) is 6.51. The van der Waals surface area contributed by atoms with E-state index < -0.39 is 0 Å². The Hall–Kier alpha value is -1.97. The van der Waals surface area contributed by atoms with Gasteiger partial charge in [-0.15, -0.1) is 0 Å². The number of benzene rings is 1. The van der Waals surface area contributed by atoms with Crippen LogP contribution in [0.4, 0.5) is 0 Å². The van der Waals surface area contributed by atoms with Crippen LogP contribution >= 0.6 is 0 Å². The van der Waals surface area contributed by atoms with Gasteiger partial charge in [0.2, 0.25) is 5.91 Å². The van der Waals surface area contributed by atoms with Gasteiger partial charge in [-0.3, -0.25) is 4.79 Å². The van der Waals surface area contributed by atoms with Crippen LogP contribution in [0.5, 0.6) is 5.75 Å². The Morgan fingerprint density at radius 2 is 2.17 bits per heavy atom. The molecule has 2 rings (SSSR count). The molecule has 1 amide bonds. The van der Waals surface area contributed by atoms with E-state index in [0.29, 0.717) is 12.3 Å². The summed E-state index contributed by atoms with van der Waals surface area (Å²) in [4.78, 5) is 12.2. The van der Waals surface area contributed by atoms with Crippen LogP contribution in [0.1, 0.15) is 45.1 Å². The SMILES string of the molecule is CCCCC(CC)CNC(=O)Cc1coc2cc(OC)ccc12. The standard InChI is InChI=1S/C19H27NO3/c1-4-6-7-14(5-2)12-20-19(21)10-15-13-23-18-11-16(22-3)8-9-17(15)18/h8-9,11,13-14H,4-7,10,12H2,1-3H3,(H,20,21). The zero-order valence-electron chi connectivity index (χ0n) is 14.4. The molecule has 1 heterocycles. The van der Waals surface area contributed by atoms with Crippen LogP contribution in [0.25, 0.3) is 11.0 Å². The topological polar surface area (TPSA) is 51.5 Å². The number of carbonyl (C=O) groups excluding carboxylic acids is 1. The Morgan fingerprint density at radius 3 is 2.87 bits per heavy atom. The molecule has 1 aromatic heterocycles. The van der Waals surface area contributed by atoms with Crippen LogP contribution in [-0.4, -0.2) is 19.6 Å². The van der Waals surface area contributed by atoms with Crippen molar-refractivity contribution >= 4 is 16.9 Å². The van der Waals surface area contributed by atoms with E-state index in [1.54, 1.807) is 13.4 Å². The van der Waals surface area contributed by atoms with Gasteiger partial charge in [-0.2, -0.15) is 0 Å². The summed E-state index contributed by atoms with van der Waals surface area (Å²) >= 11 is 0. The average Bonchev–Trinajstić information content (AvgIpc) is 2.97. The second-order valence-corrected chi connectivity index (χ2v) is 6.02. The number of carbonyl (C=O) groups is 1. The van der Waals surface area contributed by atoms with Crippen LogP contribution < -0.4 is 10.1 Å². The highest BCUT2D eigenvalue weighted by Crippen LogP contribution is 2.25. The molecule has 1 unspecified atom stereocenters. The van der Waals surface area contributed by atoms with Crippen LogP contribution in [0.2, 0.25) is 0 Å². The molecule has 0 fully saturated rings. The van der Waals surface area contributed by atoms with Crippen LogP contribution in [0, 0.1) is 5.92 Å². The molecule has 0 aliphatic heterocycles. The highest BCUT2D eigenvalue weighted by Gasteiger charge is 2.13.